The van der Waals surface area contributed by atoms with Crippen LogP contribution in [-0.4, -0.2) is 16.1 Å². The third kappa shape index (κ3) is 2.58. The van der Waals surface area contributed by atoms with E-state index in [1.165, 1.54) is 0 Å². The number of hydrogen-bond acceptors (Lipinski definition) is 0. The van der Waals surface area contributed by atoms with Crippen molar-refractivity contribution < 1.29 is 0 Å². The second kappa shape index (κ2) is 4.23. The van der Waals surface area contributed by atoms with Crippen molar-refractivity contribution in [2.24, 2.45) is 23.7 Å². The number of fused-ring (bicyclic) bond motifs is 2. The third-order valence-electron chi connectivity index (χ3n) is 5.89. The second-order valence-corrected chi connectivity index (χ2v) is 20.2. The zero-order valence-corrected chi connectivity index (χ0v) is 15.0. The average molecular weight is 269 g/mol. The Balaban J connectivity index is 2.10. The molecule has 100 valence electrons. The molecule has 5 unspecified atom stereocenters. The van der Waals surface area contributed by atoms with Crippen LogP contribution in [-0.2, 0) is 0 Å². The Morgan fingerprint density at radius 2 is 1.47 bits per heavy atom. The van der Waals surface area contributed by atoms with Crippen LogP contribution in [0.3, 0.4) is 0 Å². The van der Waals surface area contributed by atoms with E-state index >= 15 is 0 Å². The third-order valence-corrected chi connectivity index (χ3v) is 16.4. The van der Waals surface area contributed by atoms with Crippen LogP contribution in [0.5, 0.6) is 0 Å². The van der Waals surface area contributed by atoms with Crippen molar-refractivity contribution in [3.8, 4) is 0 Å². The molecule has 0 N–H and O–H groups in total. The van der Waals surface area contributed by atoms with Gasteiger partial charge in [0.05, 0.1) is 0 Å². The molecular formula is C15H32Si2. The standard InChI is InChI=1S/C15H32Si2/c1-11-12(2)14-8-13(11)9-15(14)17(6,7)10-16(3,4)5/h11-15H,8-10H2,1-7H3. The highest BCUT2D eigenvalue weighted by Crippen LogP contribution is 2.61. The fourth-order valence-electron chi connectivity index (χ4n) is 5.34. The summed E-state index contributed by atoms with van der Waals surface area (Å²) in [6, 6.07) is 0. The van der Waals surface area contributed by atoms with Crippen LogP contribution in [0.4, 0.5) is 0 Å². The van der Waals surface area contributed by atoms with Gasteiger partial charge in [0.15, 0.2) is 0 Å². The normalized spacial score (nSPS) is 42.2. The van der Waals surface area contributed by atoms with Crippen LogP contribution in [0, 0.1) is 23.7 Å². The van der Waals surface area contributed by atoms with E-state index in [1.54, 1.807) is 18.5 Å². The van der Waals surface area contributed by atoms with Crippen molar-refractivity contribution in [1.29, 1.82) is 0 Å². The molecule has 5 atom stereocenters. The minimum atomic E-state index is -0.969. The molecule has 0 saturated heterocycles. The molecule has 0 radical (unpaired) electrons. The molecule has 0 amide bonds. The van der Waals surface area contributed by atoms with Crippen LogP contribution >= 0.6 is 0 Å². The Kier molecular flexibility index (Phi) is 3.44. The van der Waals surface area contributed by atoms with Gasteiger partial charge in [0, 0.05) is 16.1 Å². The van der Waals surface area contributed by atoms with E-state index in [-0.39, 0.29) is 0 Å². The molecule has 2 bridgehead atoms. The van der Waals surface area contributed by atoms with E-state index in [2.05, 4.69) is 46.6 Å². The molecule has 17 heavy (non-hydrogen) atoms. The monoisotopic (exact) mass is 268 g/mol. The predicted octanol–water partition coefficient (Wildman–Crippen LogP) is 5.25. The zero-order valence-electron chi connectivity index (χ0n) is 13.0. The molecule has 2 saturated carbocycles. The lowest BCUT2D eigenvalue weighted by molar-refractivity contribution is 0.256. The second-order valence-electron chi connectivity index (χ2n) is 8.95. The first-order valence-electron chi connectivity index (χ1n) is 7.62. The Morgan fingerprint density at radius 1 is 0.882 bits per heavy atom. The average Bonchev–Trinajstić information content (AvgIpc) is 2.64. The maximum absolute atomic E-state index is 2.70. The Labute approximate surface area is 111 Å². The van der Waals surface area contributed by atoms with Gasteiger partial charge in [-0.25, -0.2) is 0 Å². The van der Waals surface area contributed by atoms with Crippen LogP contribution in [0.1, 0.15) is 26.7 Å². The highest BCUT2D eigenvalue weighted by atomic mass is 28.4. The summed E-state index contributed by atoms with van der Waals surface area (Å²) in [7, 11) is -1.83. The minimum Gasteiger partial charge on any atom is -0.0698 e. The predicted molar refractivity (Wildman–Crippen MR) is 83.9 cm³/mol. The van der Waals surface area contributed by atoms with Gasteiger partial charge in [-0.1, -0.05) is 52.2 Å². The van der Waals surface area contributed by atoms with Crippen LogP contribution in [0.15, 0.2) is 0 Å². The highest BCUT2D eigenvalue weighted by molar-refractivity contribution is 6.95. The summed E-state index contributed by atoms with van der Waals surface area (Å²) < 4.78 is 0. The Hall–Kier alpha value is 0.434. The molecule has 2 aliphatic rings. The van der Waals surface area contributed by atoms with E-state index in [0.717, 1.165) is 29.2 Å². The summed E-state index contributed by atoms with van der Waals surface area (Å²) in [4.78, 5) is 0. The van der Waals surface area contributed by atoms with Crippen molar-refractivity contribution in [2.75, 3.05) is 0 Å². The molecule has 0 aromatic carbocycles. The molecule has 0 aromatic heterocycles. The Morgan fingerprint density at radius 3 is 1.88 bits per heavy atom. The van der Waals surface area contributed by atoms with Gasteiger partial charge in [-0.15, -0.1) is 0 Å². The molecule has 0 aromatic rings. The molecule has 0 nitrogen and oxygen atoms in total. The van der Waals surface area contributed by atoms with E-state index in [4.69, 9.17) is 0 Å². The molecule has 2 rings (SSSR count). The van der Waals surface area contributed by atoms with Crippen LogP contribution < -0.4 is 0 Å². The highest BCUT2D eigenvalue weighted by Gasteiger charge is 2.53. The zero-order chi connectivity index (χ0) is 13.0. The summed E-state index contributed by atoms with van der Waals surface area (Å²) in [5, 5.41) is 0. The summed E-state index contributed by atoms with van der Waals surface area (Å²) in [6.45, 7) is 18.2. The smallest absolute Gasteiger partial charge is 0.0481 e. The molecule has 0 spiro atoms. The first-order valence-corrected chi connectivity index (χ1v) is 14.6. The summed E-state index contributed by atoms with van der Waals surface area (Å²) >= 11 is 0. The van der Waals surface area contributed by atoms with Gasteiger partial charge in [-0.2, -0.15) is 0 Å². The van der Waals surface area contributed by atoms with E-state index in [0.29, 0.717) is 0 Å². The van der Waals surface area contributed by atoms with Crippen LogP contribution in [0.2, 0.25) is 43.9 Å². The number of hydrogen-bond donors (Lipinski definition) is 0. The summed E-state index contributed by atoms with van der Waals surface area (Å²) in [5.41, 5.74) is 2.81. The van der Waals surface area contributed by atoms with E-state index in [9.17, 15) is 0 Å². The van der Waals surface area contributed by atoms with Crippen molar-refractivity contribution in [2.45, 2.75) is 70.6 Å². The lowest BCUT2D eigenvalue weighted by Gasteiger charge is -2.43. The summed E-state index contributed by atoms with van der Waals surface area (Å²) in [6.07, 6.45) is 3.18. The first-order chi connectivity index (χ1) is 7.62. The van der Waals surface area contributed by atoms with Crippen molar-refractivity contribution >= 4 is 16.1 Å². The fourth-order valence-corrected chi connectivity index (χ4v) is 19.9. The van der Waals surface area contributed by atoms with Gasteiger partial charge in [-0.05, 0) is 42.1 Å². The maximum atomic E-state index is 2.70. The fraction of sp³-hybridized carbons (Fsp3) is 1.00. The topological polar surface area (TPSA) is 0 Å². The molecule has 0 heterocycles. The molecule has 2 fully saturated rings. The minimum absolute atomic E-state index is 0.865. The molecule has 2 aliphatic carbocycles. The van der Waals surface area contributed by atoms with Gasteiger partial charge >= 0.3 is 0 Å². The quantitative estimate of drug-likeness (QED) is 0.613. The Bertz CT molecular complexity index is 288. The molecule has 2 heteroatoms. The van der Waals surface area contributed by atoms with Crippen molar-refractivity contribution in [1.82, 2.24) is 0 Å². The lowest BCUT2D eigenvalue weighted by atomic mass is 9.81. The largest absolute Gasteiger partial charge is 0.0698 e. The summed E-state index contributed by atoms with van der Waals surface area (Å²) in [5.74, 6) is 4.24. The van der Waals surface area contributed by atoms with Gasteiger partial charge < -0.3 is 0 Å². The van der Waals surface area contributed by atoms with Gasteiger partial charge in [-0.3, -0.25) is 0 Å². The maximum Gasteiger partial charge on any atom is 0.0481 e. The van der Waals surface area contributed by atoms with E-state index < -0.39 is 16.1 Å². The van der Waals surface area contributed by atoms with Gasteiger partial charge in [0.2, 0.25) is 0 Å². The molecule has 0 aliphatic heterocycles. The van der Waals surface area contributed by atoms with E-state index in [1.807, 2.05) is 0 Å². The molecular weight excluding hydrogens is 236 g/mol. The van der Waals surface area contributed by atoms with Gasteiger partial charge in [0.25, 0.3) is 0 Å². The SMILES string of the molecule is CC1C2CC(C1C)C([Si](C)(C)C[Si](C)(C)C)C2. The van der Waals surface area contributed by atoms with Crippen LogP contribution in [0.25, 0.3) is 0 Å². The lowest BCUT2D eigenvalue weighted by Crippen LogP contribution is -2.44. The number of rotatable bonds is 3. The van der Waals surface area contributed by atoms with Gasteiger partial charge in [0.1, 0.15) is 0 Å². The van der Waals surface area contributed by atoms with Crippen molar-refractivity contribution in [3.63, 3.8) is 0 Å². The first kappa shape index (κ1) is 13.9. The van der Waals surface area contributed by atoms with Crippen molar-refractivity contribution in [3.05, 3.63) is 0 Å².